The standard InChI is InChI=1S/C10H13NO3S/c1-3-5-6-4-7(15-2)8(10(13)14)11(6)9(5)12/h5-6H,3-4H2,1-2H3,(H,13,14). The molecule has 0 bridgehead atoms. The highest BCUT2D eigenvalue weighted by atomic mass is 32.2. The lowest BCUT2D eigenvalue weighted by Gasteiger charge is -2.42. The van der Waals surface area contributed by atoms with Crippen LogP contribution in [0.1, 0.15) is 19.8 Å². The topological polar surface area (TPSA) is 57.6 Å². The van der Waals surface area contributed by atoms with E-state index in [4.69, 9.17) is 5.11 Å². The molecule has 4 nitrogen and oxygen atoms in total. The fourth-order valence-corrected chi connectivity index (χ4v) is 3.10. The average molecular weight is 227 g/mol. The van der Waals surface area contributed by atoms with E-state index in [1.165, 1.54) is 16.7 Å². The summed E-state index contributed by atoms with van der Waals surface area (Å²) in [7, 11) is 0. The fourth-order valence-electron chi connectivity index (χ4n) is 2.38. The van der Waals surface area contributed by atoms with Crippen LogP contribution in [-0.4, -0.2) is 34.2 Å². The molecule has 0 aromatic carbocycles. The quantitative estimate of drug-likeness (QED) is 0.738. The lowest BCUT2D eigenvalue weighted by atomic mass is 9.85. The monoisotopic (exact) mass is 227 g/mol. The predicted octanol–water partition coefficient (Wildman–Crippen LogP) is 1.29. The SMILES string of the molecule is CCC1C(=O)N2C(C(=O)O)=C(SC)CC12. The van der Waals surface area contributed by atoms with Gasteiger partial charge in [0.15, 0.2) is 0 Å². The summed E-state index contributed by atoms with van der Waals surface area (Å²) in [6, 6.07) is 0.107. The zero-order valence-corrected chi connectivity index (χ0v) is 9.50. The zero-order chi connectivity index (χ0) is 11.2. The summed E-state index contributed by atoms with van der Waals surface area (Å²) in [5.41, 5.74) is 0.210. The maximum atomic E-state index is 11.7. The molecular weight excluding hydrogens is 214 g/mol. The molecule has 0 aliphatic carbocycles. The number of hydrogen-bond acceptors (Lipinski definition) is 3. The second-order valence-electron chi connectivity index (χ2n) is 3.78. The molecule has 0 saturated carbocycles. The summed E-state index contributed by atoms with van der Waals surface area (Å²) in [4.78, 5) is 25.0. The first-order chi connectivity index (χ1) is 7.11. The Morgan fingerprint density at radius 1 is 1.67 bits per heavy atom. The second kappa shape index (κ2) is 3.56. The molecule has 1 amide bonds. The van der Waals surface area contributed by atoms with E-state index in [9.17, 15) is 9.59 Å². The van der Waals surface area contributed by atoms with E-state index in [0.717, 1.165) is 11.3 Å². The molecular formula is C10H13NO3S. The number of thioether (sulfide) groups is 1. The van der Waals surface area contributed by atoms with Crippen molar-refractivity contribution in [1.82, 2.24) is 4.90 Å². The van der Waals surface area contributed by atoms with E-state index in [1.54, 1.807) is 0 Å². The smallest absolute Gasteiger partial charge is 0.353 e. The molecule has 2 rings (SSSR count). The number of carbonyl (C=O) groups is 2. The number of fused-ring (bicyclic) bond motifs is 1. The Labute approximate surface area is 92.3 Å². The summed E-state index contributed by atoms with van der Waals surface area (Å²) in [6.07, 6.45) is 3.37. The molecule has 2 aliphatic heterocycles. The highest BCUT2D eigenvalue weighted by molar-refractivity contribution is 8.02. The Hall–Kier alpha value is -0.970. The van der Waals surface area contributed by atoms with Gasteiger partial charge in [0.05, 0.1) is 12.0 Å². The Kier molecular flexibility index (Phi) is 2.50. The van der Waals surface area contributed by atoms with Crippen molar-refractivity contribution in [2.24, 2.45) is 5.92 Å². The summed E-state index contributed by atoms with van der Waals surface area (Å²) >= 11 is 1.44. The van der Waals surface area contributed by atoms with Crippen LogP contribution in [0.15, 0.2) is 10.6 Å². The first-order valence-corrected chi connectivity index (χ1v) is 6.17. The third-order valence-corrected chi connectivity index (χ3v) is 3.99. The van der Waals surface area contributed by atoms with Crippen molar-refractivity contribution in [3.05, 3.63) is 10.6 Å². The van der Waals surface area contributed by atoms with E-state index in [-0.39, 0.29) is 23.6 Å². The van der Waals surface area contributed by atoms with Gasteiger partial charge in [-0.15, -0.1) is 11.8 Å². The Morgan fingerprint density at radius 3 is 2.80 bits per heavy atom. The van der Waals surface area contributed by atoms with Crippen LogP contribution in [0.2, 0.25) is 0 Å². The van der Waals surface area contributed by atoms with Crippen molar-refractivity contribution >= 4 is 23.6 Å². The first-order valence-electron chi connectivity index (χ1n) is 4.95. The number of rotatable bonds is 3. The van der Waals surface area contributed by atoms with E-state index in [1.807, 2.05) is 13.2 Å². The van der Waals surface area contributed by atoms with Crippen LogP contribution in [0, 0.1) is 5.92 Å². The molecule has 1 N–H and O–H groups in total. The van der Waals surface area contributed by atoms with Gasteiger partial charge in [-0.05, 0) is 12.7 Å². The number of aliphatic carboxylic acids is 1. The van der Waals surface area contributed by atoms with Crippen LogP contribution >= 0.6 is 11.8 Å². The average Bonchev–Trinajstić information content (AvgIpc) is 2.53. The molecule has 82 valence electrons. The van der Waals surface area contributed by atoms with E-state index in [2.05, 4.69) is 0 Å². The van der Waals surface area contributed by atoms with Crippen LogP contribution in [0.5, 0.6) is 0 Å². The number of amides is 1. The van der Waals surface area contributed by atoms with Gasteiger partial charge in [-0.1, -0.05) is 6.92 Å². The maximum Gasteiger partial charge on any atom is 0.353 e. The minimum absolute atomic E-state index is 0.0241. The van der Waals surface area contributed by atoms with Crippen LogP contribution < -0.4 is 0 Å². The largest absolute Gasteiger partial charge is 0.477 e. The highest BCUT2D eigenvalue weighted by Crippen LogP contribution is 2.46. The minimum atomic E-state index is -0.982. The van der Waals surface area contributed by atoms with Gasteiger partial charge in [0.1, 0.15) is 5.70 Å². The van der Waals surface area contributed by atoms with Crippen molar-refractivity contribution in [1.29, 1.82) is 0 Å². The van der Waals surface area contributed by atoms with Crippen molar-refractivity contribution in [3.8, 4) is 0 Å². The maximum absolute atomic E-state index is 11.7. The van der Waals surface area contributed by atoms with Gasteiger partial charge < -0.3 is 10.0 Å². The predicted molar refractivity (Wildman–Crippen MR) is 57.2 cm³/mol. The third-order valence-electron chi connectivity index (χ3n) is 3.14. The molecule has 2 aliphatic rings. The minimum Gasteiger partial charge on any atom is -0.477 e. The van der Waals surface area contributed by atoms with E-state index < -0.39 is 5.97 Å². The van der Waals surface area contributed by atoms with Gasteiger partial charge in [-0.3, -0.25) is 4.79 Å². The van der Waals surface area contributed by atoms with Gasteiger partial charge >= 0.3 is 5.97 Å². The van der Waals surface area contributed by atoms with Crippen LogP contribution in [0.4, 0.5) is 0 Å². The van der Waals surface area contributed by atoms with Gasteiger partial charge in [0, 0.05) is 11.3 Å². The molecule has 0 aromatic heterocycles. The summed E-state index contributed by atoms with van der Waals surface area (Å²) in [5.74, 6) is -0.974. The van der Waals surface area contributed by atoms with Gasteiger partial charge in [-0.25, -0.2) is 4.79 Å². The van der Waals surface area contributed by atoms with Crippen LogP contribution in [0.3, 0.4) is 0 Å². The Morgan fingerprint density at radius 2 is 2.33 bits per heavy atom. The van der Waals surface area contributed by atoms with E-state index >= 15 is 0 Å². The molecule has 1 saturated heterocycles. The lowest BCUT2D eigenvalue weighted by Crippen LogP contribution is -2.58. The first kappa shape index (κ1) is 10.5. The van der Waals surface area contributed by atoms with Crippen LogP contribution in [0.25, 0.3) is 0 Å². The number of hydrogen-bond donors (Lipinski definition) is 1. The summed E-state index contributed by atoms with van der Waals surface area (Å²) in [6.45, 7) is 1.97. The fraction of sp³-hybridized carbons (Fsp3) is 0.600. The molecule has 2 heterocycles. The molecule has 2 unspecified atom stereocenters. The number of β-lactam (4-membered cyclic amide) rings is 1. The number of carboxylic acid groups (broad SMARTS) is 1. The highest BCUT2D eigenvalue weighted by Gasteiger charge is 2.53. The summed E-state index contributed by atoms with van der Waals surface area (Å²) < 4.78 is 0. The Balaban J connectivity index is 2.29. The van der Waals surface area contributed by atoms with Gasteiger partial charge in [0.2, 0.25) is 5.91 Å². The molecule has 2 atom stereocenters. The van der Waals surface area contributed by atoms with Crippen molar-refractivity contribution in [2.75, 3.05) is 6.26 Å². The normalized spacial score (nSPS) is 29.2. The van der Waals surface area contributed by atoms with Gasteiger partial charge in [0.25, 0.3) is 0 Å². The second-order valence-corrected chi connectivity index (χ2v) is 4.68. The van der Waals surface area contributed by atoms with Gasteiger partial charge in [-0.2, -0.15) is 0 Å². The molecule has 5 heteroatoms. The van der Waals surface area contributed by atoms with E-state index in [0.29, 0.717) is 6.42 Å². The van der Waals surface area contributed by atoms with Crippen LogP contribution in [-0.2, 0) is 9.59 Å². The molecule has 0 spiro atoms. The van der Waals surface area contributed by atoms with Crippen molar-refractivity contribution < 1.29 is 14.7 Å². The summed E-state index contributed by atoms with van der Waals surface area (Å²) in [5, 5.41) is 9.05. The molecule has 0 aromatic rings. The molecule has 1 fully saturated rings. The number of carbonyl (C=O) groups excluding carboxylic acids is 1. The Bertz CT molecular complexity index is 364. The number of nitrogens with zero attached hydrogens (tertiary/aromatic N) is 1. The third kappa shape index (κ3) is 1.29. The molecule has 0 radical (unpaired) electrons. The molecule has 15 heavy (non-hydrogen) atoms. The number of carboxylic acids is 1. The van der Waals surface area contributed by atoms with Crippen molar-refractivity contribution in [3.63, 3.8) is 0 Å². The lowest BCUT2D eigenvalue weighted by molar-refractivity contribution is -0.155. The zero-order valence-electron chi connectivity index (χ0n) is 8.69. The van der Waals surface area contributed by atoms with Crippen molar-refractivity contribution in [2.45, 2.75) is 25.8 Å².